The Balaban J connectivity index is 1.03. The Kier molecular flexibility index (Phi) is 17.5. The summed E-state index contributed by atoms with van der Waals surface area (Å²) in [5.41, 5.74) is 7.18. The van der Waals surface area contributed by atoms with Crippen LogP contribution in [0.2, 0.25) is 0 Å². The lowest BCUT2D eigenvalue weighted by Gasteiger charge is -2.24. The normalized spacial score (nSPS) is 13.5. The molecular weight excluding hydrogens is 807 g/mol. The van der Waals surface area contributed by atoms with Crippen LogP contribution in [0.3, 0.4) is 0 Å². The van der Waals surface area contributed by atoms with Crippen molar-refractivity contribution < 1.29 is 38.5 Å². The van der Waals surface area contributed by atoms with Crippen LogP contribution < -0.4 is 20.7 Å². The number of hydrogen-bond donors (Lipinski definition) is 4. The molecule has 64 heavy (non-hydrogen) atoms. The number of aliphatic hydroxyl groups excluding tert-OH is 1. The fourth-order valence-corrected chi connectivity index (χ4v) is 7.87. The van der Waals surface area contributed by atoms with E-state index in [4.69, 9.17) is 14.2 Å². The number of esters is 1. The molecule has 4 N–H and O–H groups in total. The molecule has 0 fully saturated rings. The third kappa shape index (κ3) is 13.5. The Morgan fingerprint density at radius 2 is 1.25 bits per heavy atom. The molecule has 0 bridgehead atoms. The van der Waals surface area contributed by atoms with Gasteiger partial charge in [0.05, 0.1) is 24.6 Å². The van der Waals surface area contributed by atoms with Crippen LogP contribution in [-0.2, 0) is 43.3 Å². The fraction of sp³-hybridized carbons (Fsp3) is 0.283. The molecule has 0 aromatic heterocycles. The average Bonchev–Trinajstić information content (AvgIpc) is 3.64. The topological polar surface area (TPSA) is 152 Å². The van der Waals surface area contributed by atoms with E-state index in [-0.39, 0.29) is 45.0 Å². The first-order valence-corrected chi connectivity index (χ1v) is 21.7. The minimum Gasteiger partial charge on any atom is -0.489 e. The van der Waals surface area contributed by atoms with Gasteiger partial charge in [0.25, 0.3) is 0 Å². The molecule has 0 saturated heterocycles. The second kappa shape index (κ2) is 24.0. The molecule has 5 aromatic carbocycles. The molecule has 4 atom stereocenters. The van der Waals surface area contributed by atoms with E-state index < -0.39 is 47.9 Å². The SMILES string of the molecule is C=CCC[C@H](NC(=O)OCC1c2ccccc2-c2ccccc21)C(=O)OC[C@@H](Cc1ccccc1)NC(=O)[C@H](CC=C)CC(=O)N[C@H](CO)Cc1ccc(OCc2ccccc2)cc1. The number of nitrogens with one attached hydrogen (secondary N) is 3. The highest BCUT2D eigenvalue weighted by atomic mass is 16.6. The van der Waals surface area contributed by atoms with Crippen LogP contribution in [-0.4, -0.2) is 66.9 Å². The van der Waals surface area contributed by atoms with E-state index in [1.807, 2.05) is 121 Å². The number of carbonyl (C=O) groups is 4. The number of amides is 3. The Hall–Kier alpha value is -6.98. The summed E-state index contributed by atoms with van der Waals surface area (Å²) < 4.78 is 17.4. The van der Waals surface area contributed by atoms with Crippen LogP contribution in [0.5, 0.6) is 5.75 Å². The number of alkyl carbamates (subject to hydrolysis) is 1. The predicted octanol–water partition coefficient (Wildman–Crippen LogP) is 8.01. The van der Waals surface area contributed by atoms with Crippen LogP contribution in [0.1, 0.15) is 59.4 Å². The highest BCUT2D eigenvalue weighted by molar-refractivity contribution is 5.86. The van der Waals surface area contributed by atoms with Gasteiger partial charge in [0, 0.05) is 12.3 Å². The quantitative estimate of drug-likeness (QED) is 0.0360. The van der Waals surface area contributed by atoms with E-state index in [9.17, 15) is 24.3 Å². The summed E-state index contributed by atoms with van der Waals surface area (Å²) in [7, 11) is 0. The van der Waals surface area contributed by atoms with E-state index in [2.05, 4.69) is 41.2 Å². The smallest absolute Gasteiger partial charge is 0.407 e. The van der Waals surface area contributed by atoms with Crippen molar-refractivity contribution in [2.24, 2.45) is 5.92 Å². The second-order valence-corrected chi connectivity index (χ2v) is 15.9. The van der Waals surface area contributed by atoms with Gasteiger partial charge in [-0.05, 0) is 83.2 Å². The number of benzene rings is 5. The van der Waals surface area contributed by atoms with Crippen molar-refractivity contribution >= 4 is 23.9 Å². The first-order valence-electron chi connectivity index (χ1n) is 21.7. The summed E-state index contributed by atoms with van der Waals surface area (Å²) >= 11 is 0. The molecule has 1 aliphatic carbocycles. The number of aliphatic hydroxyl groups is 1. The standard InChI is InChI=1S/C53H57N3O8/c1-3-5-25-49(56-53(61)64-36-48-46-23-14-12-21-44(46)45-22-13-15-24-47(45)48)52(60)63-35-42(31-37-17-8-6-9-18-37)55-51(59)40(16-4-2)32-50(58)54-41(33-57)30-38-26-28-43(29-27-38)62-34-39-19-10-7-11-20-39/h3-4,6-15,17-24,26-29,40-42,48-49,57H,1-2,5,16,25,30-36H2,(H,54,58)(H,55,59)(H,56,61)/t40-,41+,42-,49+/m1/s1. The van der Waals surface area contributed by atoms with Gasteiger partial charge in [-0.25, -0.2) is 9.59 Å². The zero-order chi connectivity index (χ0) is 45.1. The Morgan fingerprint density at radius 1 is 0.656 bits per heavy atom. The largest absolute Gasteiger partial charge is 0.489 e. The molecule has 0 heterocycles. The molecule has 0 radical (unpaired) electrons. The lowest BCUT2D eigenvalue weighted by Crippen LogP contribution is -2.47. The molecule has 332 valence electrons. The summed E-state index contributed by atoms with van der Waals surface area (Å²) in [6.07, 6.45) is 3.87. The molecule has 0 unspecified atom stereocenters. The van der Waals surface area contributed by atoms with Crippen molar-refractivity contribution in [3.8, 4) is 16.9 Å². The van der Waals surface area contributed by atoms with Gasteiger partial charge in [0.2, 0.25) is 11.8 Å². The number of ether oxygens (including phenoxy) is 3. The first kappa shape index (κ1) is 46.5. The lowest BCUT2D eigenvalue weighted by atomic mass is 9.98. The number of allylic oxidation sites excluding steroid dienone is 2. The van der Waals surface area contributed by atoms with Gasteiger partial charge in [-0.15, -0.1) is 13.2 Å². The van der Waals surface area contributed by atoms with Crippen LogP contribution in [0.15, 0.2) is 159 Å². The van der Waals surface area contributed by atoms with Gasteiger partial charge in [0.1, 0.15) is 31.6 Å². The number of rotatable bonds is 24. The van der Waals surface area contributed by atoms with Crippen LogP contribution in [0, 0.1) is 5.92 Å². The average molecular weight is 864 g/mol. The molecule has 1 aliphatic rings. The molecule has 11 heteroatoms. The molecule has 0 aliphatic heterocycles. The third-order valence-electron chi connectivity index (χ3n) is 11.2. The van der Waals surface area contributed by atoms with Gasteiger partial charge in [0.15, 0.2) is 0 Å². The zero-order valence-corrected chi connectivity index (χ0v) is 36.0. The zero-order valence-electron chi connectivity index (χ0n) is 36.0. The summed E-state index contributed by atoms with van der Waals surface area (Å²) in [6.45, 7) is 7.59. The van der Waals surface area contributed by atoms with E-state index in [1.54, 1.807) is 12.2 Å². The Morgan fingerprint density at radius 3 is 1.88 bits per heavy atom. The van der Waals surface area contributed by atoms with Gasteiger partial charge < -0.3 is 35.3 Å². The summed E-state index contributed by atoms with van der Waals surface area (Å²) in [5, 5.41) is 18.7. The highest BCUT2D eigenvalue weighted by Gasteiger charge is 2.31. The predicted molar refractivity (Wildman–Crippen MR) is 247 cm³/mol. The lowest BCUT2D eigenvalue weighted by molar-refractivity contribution is -0.147. The summed E-state index contributed by atoms with van der Waals surface area (Å²) in [6, 6.07) is 40.5. The second-order valence-electron chi connectivity index (χ2n) is 15.9. The van der Waals surface area contributed by atoms with E-state index >= 15 is 0 Å². The van der Waals surface area contributed by atoms with Crippen molar-refractivity contribution in [3.63, 3.8) is 0 Å². The van der Waals surface area contributed by atoms with Gasteiger partial charge in [-0.1, -0.05) is 133 Å². The number of fused-ring (bicyclic) bond motifs is 3. The molecule has 3 amide bonds. The molecular formula is C53H57N3O8. The minimum atomic E-state index is -1.04. The molecule has 6 rings (SSSR count). The highest BCUT2D eigenvalue weighted by Crippen LogP contribution is 2.44. The molecule has 0 saturated carbocycles. The molecule has 5 aromatic rings. The van der Waals surface area contributed by atoms with Gasteiger partial charge in [-0.3, -0.25) is 9.59 Å². The number of hydrogen-bond acceptors (Lipinski definition) is 8. The summed E-state index contributed by atoms with van der Waals surface area (Å²) in [4.78, 5) is 54.1. The van der Waals surface area contributed by atoms with Gasteiger partial charge >= 0.3 is 12.1 Å². The van der Waals surface area contributed by atoms with E-state index in [0.29, 0.717) is 31.6 Å². The monoisotopic (exact) mass is 863 g/mol. The maximum atomic E-state index is 13.9. The third-order valence-corrected chi connectivity index (χ3v) is 11.2. The summed E-state index contributed by atoms with van der Waals surface area (Å²) in [5.74, 6) is -1.75. The van der Waals surface area contributed by atoms with Crippen molar-refractivity contribution in [2.45, 2.75) is 69.2 Å². The van der Waals surface area contributed by atoms with E-state index in [0.717, 1.165) is 38.9 Å². The fourth-order valence-electron chi connectivity index (χ4n) is 7.87. The van der Waals surface area contributed by atoms with Crippen LogP contribution in [0.25, 0.3) is 11.1 Å². The Labute approximate surface area is 375 Å². The van der Waals surface area contributed by atoms with Crippen molar-refractivity contribution in [2.75, 3.05) is 19.8 Å². The van der Waals surface area contributed by atoms with Crippen molar-refractivity contribution in [1.29, 1.82) is 0 Å². The van der Waals surface area contributed by atoms with Crippen molar-refractivity contribution in [3.05, 3.63) is 187 Å². The van der Waals surface area contributed by atoms with Crippen LogP contribution in [0.4, 0.5) is 4.79 Å². The Bertz CT molecular complexity index is 2270. The maximum absolute atomic E-state index is 13.9. The van der Waals surface area contributed by atoms with Gasteiger partial charge in [-0.2, -0.15) is 0 Å². The minimum absolute atomic E-state index is 0.0817. The van der Waals surface area contributed by atoms with Crippen molar-refractivity contribution in [1.82, 2.24) is 16.0 Å². The molecule has 0 spiro atoms. The van der Waals surface area contributed by atoms with E-state index in [1.165, 1.54) is 0 Å². The maximum Gasteiger partial charge on any atom is 0.407 e. The first-order chi connectivity index (χ1) is 31.2. The number of carbonyl (C=O) groups excluding carboxylic acids is 4. The van der Waals surface area contributed by atoms with Crippen LogP contribution >= 0.6 is 0 Å². The molecule has 11 nitrogen and oxygen atoms in total.